The lowest BCUT2D eigenvalue weighted by Crippen LogP contribution is -2.47. The average molecular weight is 484 g/mol. The molecule has 2 heterocycles. The van der Waals surface area contributed by atoms with Crippen molar-refractivity contribution in [3.8, 4) is 0 Å². The van der Waals surface area contributed by atoms with Gasteiger partial charge in [0.25, 0.3) is 0 Å². The van der Waals surface area contributed by atoms with Crippen LogP contribution in [-0.2, 0) is 10.2 Å². The van der Waals surface area contributed by atoms with Crippen LogP contribution in [-0.4, -0.2) is 74.8 Å². The Morgan fingerprint density at radius 1 is 1.22 bits per heavy atom. The smallest absolute Gasteiger partial charge is 0.193 e. The highest BCUT2D eigenvalue weighted by atomic mass is 127. The van der Waals surface area contributed by atoms with Crippen molar-refractivity contribution in [3.05, 3.63) is 35.4 Å². The van der Waals surface area contributed by atoms with Crippen molar-refractivity contribution < 1.29 is 4.74 Å². The number of nitrogens with one attached hydrogen (secondary N) is 1. The summed E-state index contributed by atoms with van der Waals surface area (Å²) in [5.41, 5.74) is 3.23. The van der Waals surface area contributed by atoms with Gasteiger partial charge in [-0.1, -0.05) is 24.3 Å². The lowest BCUT2D eigenvalue weighted by atomic mass is 9.92. The fourth-order valence-corrected chi connectivity index (χ4v) is 4.62. The number of ether oxygens (including phenoxy) is 1. The summed E-state index contributed by atoms with van der Waals surface area (Å²) in [6, 6.07) is 9.49. The number of hydrogen-bond acceptors (Lipinski definition) is 3. The van der Waals surface area contributed by atoms with Gasteiger partial charge in [-0.15, -0.1) is 24.0 Å². The first-order chi connectivity index (χ1) is 12.7. The van der Waals surface area contributed by atoms with Crippen LogP contribution in [0, 0.1) is 6.92 Å². The third-order valence-electron chi connectivity index (χ3n) is 6.39. The molecule has 0 bridgehead atoms. The third kappa shape index (κ3) is 4.59. The molecule has 27 heavy (non-hydrogen) atoms. The molecule has 2 saturated heterocycles. The molecule has 1 aliphatic carbocycles. The summed E-state index contributed by atoms with van der Waals surface area (Å²) in [5, 5.41) is 3.70. The average Bonchev–Trinajstić information content (AvgIpc) is 3.30. The predicted octanol–water partition coefficient (Wildman–Crippen LogP) is 2.63. The van der Waals surface area contributed by atoms with Crippen molar-refractivity contribution in [3.63, 3.8) is 0 Å². The van der Waals surface area contributed by atoms with Crippen molar-refractivity contribution in [1.29, 1.82) is 0 Å². The fourth-order valence-electron chi connectivity index (χ4n) is 4.62. The van der Waals surface area contributed by atoms with Gasteiger partial charge < -0.3 is 15.0 Å². The quantitative estimate of drug-likeness (QED) is 0.406. The minimum atomic E-state index is 0. The number of benzene rings is 1. The van der Waals surface area contributed by atoms with Gasteiger partial charge in [-0.2, -0.15) is 0 Å². The first-order valence-corrected chi connectivity index (χ1v) is 10.1. The maximum atomic E-state index is 5.50. The Labute approximate surface area is 180 Å². The van der Waals surface area contributed by atoms with E-state index in [1.54, 1.807) is 0 Å². The van der Waals surface area contributed by atoms with E-state index in [0.717, 1.165) is 51.9 Å². The van der Waals surface area contributed by atoms with Gasteiger partial charge in [0.05, 0.1) is 13.2 Å². The number of morpholine rings is 1. The minimum absolute atomic E-state index is 0. The number of likely N-dealkylation sites (tertiary alicyclic amines) is 1. The molecule has 1 unspecified atom stereocenters. The number of rotatable bonds is 4. The monoisotopic (exact) mass is 484 g/mol. The van der Waals surface area contributed by atoms with Gasteiger partial charge in [0, 0.05) is 51.2 Å². The van der Waals surface area contributed by atoms with Crippen molar-refractivity contribution in [1.82, 2.24) is 15.1 Å². The standard InChI is InChI=1S/C21H32N4O.HI/c1-17-5-3-4-6-19(17)21(8-9-21)16-23-20(22-2)25-10-7-18(15-25)24-11-13-26-14-12-24;/h3-6,18H,7-16H2,1-2H3,(H,22,23);1H. The van der Waals surface area contributed by atoms with Crippen LogP contribution in [0.3, 0.4) is 0 Å². The zero-order chi connectivity index (χ0) is 18.0. The molecule has 0 aromatic heterocycles. The van der Waals surface area contributed by atoms with Crippen molar-refractivity contribution >= 4 is 29.9 Å². The van der Waals surface area contributed by atoms with Gasteiger partial charge in [-0.25, -0.2) is 0 Å². The molecule has 0 amide bonds. The van der Waals surface area contributed by atoms with Crippen molar-refractivity contribution in [2.24, 2.45) is 4.99 Å². The largest absolute Gasteiger partial charge is 0.379 e. The highest BCUT2D eigenvalue weighted by Gasteiger charge is 2.45. The summed E-state index contributed by atoms with van der Waals surface area (Å²) in [5.74, 6) is 1.07. The summed E-state index contributed by atoms with van der Waals surface area (Å²) in [6.07, 6.45) is 3.78. The van der Waals surface area contributed by atoms with Gasteiger partial charge in [0.15, 0.2) is 5.96 Å². The summed E-state index contributed by atoms with van der Waals surface area (Å²) in [6.45, 7) is 9.30. The molecular formula is C21H33IN4O. The maximum absolute atomic E-state index is 5.50. The van der Waals surface area contributed by atoms with E-state index >= 15 is 0 Å². The van der Waals surface area contributed by atoms with Crippen LogP contribution in [0.1, 0.15) is 30.4 Å². The zero-order valence-corrected chi connectivity index (χ0v) is 18.9. The second kappa shape index (κ2) is 9.09. The second-order valence-corrected chi connectivity index (χ2v) is 8.03. The molecule has 3 aliphatic rings. The van der Waals surface area contributed by atoms with Gasteiger partial charge >= 0.3 is 0 Å². The Hall–Kier alpha value is -0.860. The number of aliphatic imine (C=N–C) groups is 1. The van der Waals surface area contributed by atoms with Gasteiger partial charge in [0.1, 0.15) is 0 Å². The second-order valence-electron chi connectivity index (χ2n) is 8.03. The Morgan fingerprint density at radius 2 is 1.96 bits per heavy atom. The minimum Gasteiger partial charge on any atom is -0.379 e. The zero-order valence-electron chi connectivity index (χ0n) is 16.6. The molecule has 1 saturated carbocycles. The van der Waals surface area contributed by atoms with E-state index < -0.39 is 0 Å². The molecule has 1 aromatic rings. The summed E-state index contributed by atoms with van der Waals surface area (Å²) < 4.78 is 5.50. The number of halogens is 1. The highest BCUT2D eigenvalue weighted by molar-refractivity contribution is 14.0. The first kappa shape index (κ1) is 20.9. The Balaban J connectivity index is 0.00000210. The van der Waals surface area contributed by atoms with Crippen molar-refractivity contribution in [2.75, 3.05) is 53.0 Å². The molecule has 1 aromatic carbocycles. The van der Waals surface area contributed by atoms with Gasteiger partial charge in [-0.3, -0.25) is 9.89 Å². The van der Waals surface area contributed by atoms with E-state index in [1.165, 1.54) is 30.4 Å². The van der Waals surface area contributed by atoms with Crippen LogP contribution in [0.4, 0.5) is 0 Å². The Morgan fingerprint density at radius 3 is 2.63 bits per heavy atom. The van der Waals surface area contributed by atoms with E-state index in [-0.39, 0.29) is 24.0 Å². The van der Waals surface area contributed by atoms with Crippen LogP contribution in [0.25, 0.3) is 0 Å². The number of hydrogen-bond donors (Lipinski definition) is 1. The van der Waals surface area contributed by atoms with E-state index in [9.17, 15) is 0 Å². The summed E-state index contributed by atoms with van der Waals surface area (Å²) in [7, 11) is 1.91. The van der Waals surface area contributed by atoms with Gasteiger partial charge in [0.2, 0.25) is 0 Å². The van der Waals surface area contributed by atoms with Crippen LogP contribution in [0.2, 0.25) is 0 Å². The van der Waals surface area contributed by atoms with Crippen LogP contribution in [0.15, 0.2) is 29.3 Å². The first-order valence-electron chi connectivity index (χ1n) is 10.1. The molecule has 0 radical (unpaired) electrons. The van der Waals surface area contributed by atoms with E-state index in [2.05, 4.69) is 51.3 Å². The lowest BCUT2D eigenvalue weighted by Gasteiger charge is -2.32. The van der Waals surface area contributed by atoms with Crippen molar-refractivity contribution in [2.45, 2.75) is 37.6 Å². The highest BCUT2D eigenvalue weighted by Crippen LogP contribution is 2.48. The molecule has 6 heteroatoms. The molecule has 1 atom stereocenters. The summed E-state index contributed by atoms with van der Waals surface area (Å²) >= 11 is 0. The third-order valence-corrected chi connectivity index (χ3v) is 6.39. The SMILES string of the molecule is CN=C(NCC1(c2ccccc2C)CC1)N1CCC(N2CCOCC2)C1.I. The van der Waals surface area contributed by atoms with Crippen LogP contribution >= 0.6 is 24.0 Å². The van der Waals surface area contributed by atoms with E-state index in [0.29, 0.717) is 11.5 Å². The number of guanidine groups is 1. The maximum Gasteiger partial charge on any atom is 0.193 e. The Bertz CT molecular complexity index is 655. The fraction of sp³-hybridized carbons (Fsp3) is 0.667. The topological polar surface area (TPSA) is 40.1 Å². The van der Waals surface area contributed by atoms with Crippen LogP contribution in [0.5, 0.6) is 0 Å². The molecule has 5 nitrogen and oxygen atoms in total. The molecule has 1 N–H and O–H groups in total. The van der Waals surface area contributed by atoms with E-state index in [1.807, 2.05) is 7.05 Å². The molecule has 150 valence electrons. The molecule has 3 fully saturated rings. The molecule has 4 rings (SSSR count). The van der Waals surface area contributed by atoms with Crippen LogP contribution < -0.4 is 5.32 Å². The lowest BCUT2D eigenvalue weighted by molar-refractivity contribution is 0.0195. The Kier molecular flexibility index (Phi) is 7.03. The summed E-state index contributed by atoms with van der Waals surface area (Å²) in [4.78, 5) is 9.61. The normalized spacial score (nSPS) is 25.2. The molecule has 2 aliphatic heterocycles. The number of nitrogens with zero attached hydrogens (tertiary/aromatic N) is 3. The number of aryl methyl sites for hydroxylation is 1. The van der Waals surface area contributed by atoms with Gasteiger partial charge in [-0.05, 0) is 37.3 Å². The van der Waals surface area contributed by atoms with E-state index in [4.69, 9.17) is 4.74 Å². The predicted molar refractivity (Wildman–Crippen MR) is 121 cm³/mol. The molecular weight excluding hydrogens is 451 g/mol. The molecule has 0 spiro atoms.